The summed E-state index contributed by atoms with van der Waals surface area (Å²) in [5.41, 5.74) is 3.77. The molecule has 0 atom stereocenters. The highest BCUT2D eigenvalue weighted by Gasteiger charge is 2.27. The molecule has 0 unspecified atom stereocenters. The molecule has 0 amide bonds. The van der Waals surface area contributed by atoms with Crippen molar-refractivity contribution in [2.45, 2.75) is 70.6 Å². The molecule has 2 aliphatic carbocycles. The van der Waals surface area contributed by atoms with E-state index in [9.17, 15) is 0 Å². The molecule has 0 spiro atoms. The Morgan fingerprint density at radius 2 is 2.00 bits per heavy atom. The summed E-state index contributed by atoms with van der Waals surface area (Å²) in [6.45, 7) is 4.45. The van der Waals surface area contributed by atoms with Crippen LogP contribution in [-0.2, 0) is 12.8 Å². The zero-order valence-electron chi connectivity index (χ0n) is 16.3. The molecule has 0 bridgehead atoms. The van der Waals surface area contributed by atoms with Crippen molar-refractivity contribution in [3.63, 3.8) is 0 Å². The summed E-state index contributed by atoms with van der Waals surface area (Å²) in [6.07, 6.45) is 11.0. The lowest BCUT2D eigenvalue weighted by atomic mass is 9.93. The highest BCUT2D eigenvalue weighted by Crippen LogP contribution is 2.40. The summed E-state index contributed by atoms with van der Waals surface area (Å²) in [6, 6.07) is 2.15. The number of aromatic nitrogens is 4. The first-order chi connectivity index (χ1) is 13.3. The largest absolute Gasteiger partial charge is 0.341 e. The van der Waals surface area contributed by atoms with Crippen molar-refractivity contribution in [3.05, 3.63) is 23.0 Å². The first-order valence-corrected chi connectivity index (χ1v) is 10.8. The number of aromatic amines is 1. The number of piperidine rings is 1. The quantitative estimate of drug-likeness (QED) is 0.796. The Bertz CT molecular complexity index is 801. The molecule has 2 aromatic heterocycles. The first-order valence-electron chi connectivity index (χ1n) is 10.8. The Morgan fingerprint density at radius 3 is 2.78 bits per heavy atom. The summed E-state index contributed by atoms with van der Waals surface area (Å²) in [7, 11) is 0. The van der Waals surface area contributed by atoms with Crippen LogP contribution in [0.2, 0.25) is 0 Å². The van der Waals surface area contributed by atoms with Crippen LogP contribution < -0.4 is 10.2 Å². The summed E-state index contributed by atoms with van der Waals surface area (Å²) in [4.78, 5) is 12.3. The molecule has 27 heavy (non-hydrogen) atoms. The van der Waals surface area contributed by atoms with Gasteiger partial charge in [0.1, 0.15) is 5.82 Å². The van der Waals surface area contributed by atoms with Gasteiger partial charge in [-0.05, 0) is 50.9 Å². The molecule has 1 saturated carbocycles. The van der Waals surface area contributed by atoms with Crippen molar-refractivity contribution in [1.82, 2.24) is 20.2 Å². The molecule has 2 aromatic rings. The van der Waals surface area contributed by atoms with Gasteiger partial charge < -0.3 is 10.2 Å². The number of rotatable bonds is 6. The van der Waals surface area contributed by atoms with E-state index in [0.29, 0.717) is 5.92 Å². The molecule has 144 valence electrons. The van der Waals surface area contributed by atoms with E-state index in [1.54, 1.807) is 0 Å². The number of hydrogen-bond acceptors (Lipinski definition) is 5. The Morgan fingerprint density at radius 1 is 1.15 bits per heavy atom. The van der Waals surface area contributed by atoms with Crippen molar-refractivity contribution in [2.24, 2.45) is 5.92 Å². The number of aryl methyl sites for hydroxylation is 1. The lowest BCUT2D eigenvalue weighted by molar-refractivity contribution is 0.376. The zero-order chi connectivity index (χ0) is 18.2. The van der Waals surface area contributed by atoms with E-state index in [-0.39, 0.29) is 0 Å². The molecule has 3 aliphatic rings. The monoisotopic (exact) mass is 366 g/mol. The van der Waals surface area contributed by atoms with Gasteiger partial charge in [0.2, 0.25) is 5.95 Å². The highest BCUT2D eigenvalue weighted by molar-refractivity contribution is 5.60. The SMILES string of the molecule is CCCC1CCN(c2nc3c(c(Nc4cc(C5CC5)[nH]n4)n2)CCC3)CC1. The van der Waals surface area contributed by atoms with Crippen LogP contribution in [0.4, 0.5) is 17.6 Å². The van der Waals surface area contributed by atoms with E-state index < -0.39 is 0 Å². The van der Waals surface area contributed by atoms with E-state index in [4.69, 9.17) is 9.97 Å². The second-order valence-corrected chi connectivity index (χ2v) is 8.48. The lowest BCUT2D eigenvalue weighted by Gasteiger charge is -2.32. The fourth-order valence-electron chi connectivity index (χ4n) is 4.62. The Labute approximate surface area is 161 Å². The molecule has 2 fully saturated rings. The van der Waals surface area contributed by atoms with Gasteiger partial charge in [-0.15, -0.1) is 0 Å². The number of fused-ring (bicyclic) bond motifs is 1. The Balaban J connectivity index is 1.36. The van der Waals surface area contributed by atoms with Crippen LogP contribution in [0.3, 0.4) is 0 Å². The molecule has 3 heterocycles. The minimum atomic E-state index is 0.684. The fraction of sp³-hybridized carbons (Fsp3) is 0.667. The van der Waals surface area contributed by atoms with E-state index >= 15 is 0 Å². The number of H-pyrrole nitrogens is 1. The van der Waals surface area contributed by atoms with E-state index in [2.05, 4.69) is 33.4 Å². The molecule has 6 nitrogen and oxygen atoms in total. The number of hydrogen-bond donors (Lipinski definition) is 2. The van der Waals surface area contributed by atoms with Crippen LogP contribution in [0.1, 0.15) is 74.7 Å². The molecule has 0 radical (unpaired) electrons. The van der Waals surface area contributed by atoms with Crippen LogP contribution in [0, 0.1) is 5.92 Å². The van der Waals surface area contributed by atoms with Crippen molar-refractivity contribution >= 4 is 17.6 Å². The maximum Gasteiger partial charge on any atom is 0.227 e. The third kappa shape index (κ3) is 3.54. The molecule has 6 heteroatoms. The van der Waals surface area contributed by atoms with E-state index in [1.807, 2.05) is 0 Å². The van der Waals surface area contributed by atoms with Crippen molar-refractivity contribution < 1.29 is 0 Å². The maximum atomic E-state index is 4.95. The predicted molar refractivity (Wildman–Crippen MR) is 108 cm³/mol. The van der Waals surface area contributed by atoms with Gasteiger partial charge in [0.05, 0.1) is 5.69 Å². The van der Waals surface area contributed by atoms with Crippen LogP contribution in [0.25, 0.3) is 0 Å². The average Bonchev–Trinajstić information content (AvgIpc) is 3.23. The normalized spacial score (nSPS) is 20.1. The second kappa shape index (κ2) is 7.13. The third-order valence-electron chi connectivity index (χ3n) is 6.38. The molecule has 1 aliphatic heterocycles. The number of nitrogens with one attached hydrogen (secondary N) is 2. The van der Waals surface area contributed by atoms with Gasteiger partial charge in [0, 0.05) is 36.3 Å². The molecule has 2 N–H and O–H groups in total. The number of nitrogens with zero attached hydrogens (tertiary/aromatic N) is 4. The van der Waals surface area contributed by atoms with Crippen LogP contribution >= 0.6 is 0 Å². The fourth-order valence-corrected chi connectivity index (χ4v) is 4.62. The Kier molecular flexibility index (Phi) is 4.50. The molecule has 1 saturated heterocycles. The molecule has 0 aromatic carbocycles. The summed E-state index contributed by atoms with van der Waals surface area (Å²) < 4.78 is 0. The highest BCUT2D eigenvalue weighted by atomic mass is 15.3. The number of anilines is 3. The van der Waals surface area contributed by atoms with Crippen molar-refractivity contribution in [1.29, 1.82) is 0 Å². The van der Waals surface area contributed by atoms with Crippen molar-refractivity contribution in [3.8, 4) is 0 Å². The summed E-state index contributed by atoms with van der Waals surface area (Å²) in [5.74, 6) is 4.33. The van der Waals surface area contributed by atoms with Gasteiger partial charge in [0.15, 0.2) is 5.82 Å². The van der Waals surface area contributed by atoms with Crippen LogP contribution in [0.15, 0.2) is 6.07 Å². The Hall–Kier alpha value is -2.11. The van der Waals surface area contributed by atoms with Gasteiger partial charge >= 0.3 is 0 Å². The van der Waals surface area contributed by atoms with Crippen molar-refractivity contribution in [2.75, 3.05) is 23.3 Å². The third-order valence-corrected chi connectivity index (χ3v) is 6.38. The maximum absolute atomic E-state index is 4.95. The molecular formula is C21H30N6. The van der Waals surface area contributed by atoms with Gasteiger partial charge in [0.25, 0.3) is 0 Å². The van der Waals surface area contributed by atoms with E-state index in [0.717, 1.165) is 49.4 Å². The lowest BCUT2D eigenvalue weighted by Crippen LogP contribution is -2.35. The van der Waals surface area contributed by atoms with E-state index in [1.165, 1.54) is 61.9 Å². The van der Waals surface area contributed by atoms with Gasteiger partial charge in [-0.25, -0.2) is 4.98 Å². The van der Waals surface area contributed by atoms with Gasteiger partial charge in [-0.3, -0.25) is 5.10 Å². The minimum absolute atomic E-state index is 0.684. The smallest absolute Gasteiger partial charge is 0.227 e. The van der Waals surface area contributed by atoms with Crippen LogP contribution in [0.5, 0.6) is 0 Å². The average molecular weight is 367 g/mol. The minimum Gasteiger partial charge on any atom is -0.341 e. The summed E-state index contributed by atoms with van der Waals surface area (Å²) in [5, 5.41) is 11.1. The molecular weight excluding hydrogens is 336 g/mol. The predicted octanol–water partition coefficient (Wildman–Crippen LogP) is 4.33. The van der Waals surface area contributed by atoms with Gasteiger partial charge in [-0.2, -0.15) is 10.1 Å². The molecule has 5 rings (SSSR count). The second-order valence-electron chi connectivity index (χ2n) is 8.48. The zero-order valence-corrected chi connectivity index (χ0v) is 16.3. The van der Waals surface area contributed by atoms with Gasteiger partial charge in [-0.1, -0.05) is 19.8 Å². The summed E-state index contributed by atoms with van der Waals surface area (Å²) >= 11 is 0. The first kappa shape index (κ1) is 17.0. The topological polar surface area (TPSA) is 69.7 Å². The standard InChI is InChI=1S/C21H30N6/c1-2-4-14-9-11-27(12-10-14)21-22-17-6-3-5-16(17)20(24-21)23-19-13-18(25-26-19)15-7-8-15/h13-15H,2-12H2,1H3,(H2,22,23,24,25,26). The van der Waals surface area contributed by atoms with Crippen LogP contribution in [-0.4, -0.2) is 33.3 Å².